The summed E-state index contributed by atoms with van der Waals surface area (Å²) >= 11 is 6.20. The topological polar surface area (TPSA) is 15.3 Å². The molecule has 2 rings (SSSR count). The number of nitrogens with one attached hydrogen (secondary N) is 1. The second-order valence-electron chi connectivity index (χ2n) is 5.15. The standard InChI is InChI=1S/C15H23ClN2/c1-3-18(14-5-4-8-17-10-14)11-13-7-6-12(2)15(16)9-13/h6-7,9,14,17H,3-5,8,10-11H2,1-2H3. The van der Waals surface area contributed by atoms with Crippen LogP contribution in [0, 0.1) is 6.92 Å². The average Bonchev–Trinajstić information content (AvgIpc) is 2.41. The first kappa shape index (κ1) is 13.9. The second kappa shape index (κ2) is 6.55. The normalized spacial score (nSPS) is 20.3. The molecule has 0 amide bonds. The molecule has 1 saturated heterocycles. The molecular formula is C15H23ClN2. The van der Waals surface area contributed by atoms with Crippen molar-refractivity contribution in [2.75, 3.05) is 19.6 Å². The summed E-state index contributed by atoms with van der Waals surface area (Å²) in [5.41, 5.74) is 2.47. The third kappa shape index (κ3) is 3.47. The van der Waals surface area contributed by atoms with Crippen molar-refractivity contribution >= 4 is 11.6 Å². The zero-order chi connectivity index (χ0) is 13.0. The fraction of sp³-hybridized carbons (Fsp3) is 0.600. The Morgan fingerprint density at radius 2 is 2.28 bits per heavy atom. The van der Waals surface area contributed by atoms with Crippen molar-refractivity contribution in [3.63, 3.8) is 0 Å². The number of nitrogens with zero attached hydrogens (tertiary/aromatic N) is 1. The number of hydrogen-bond acceptors (Lipinski definition) is 2. The quantitative estimate of drug-likeness (QED) is 0.900. The van der Waals surface area contributed by atoms with E-state index in [1.807, 2.05) is 0 Å². The third-order valence-electron chi connectivity index (χ3n) is 3.82. The van der Waals surface area contributed by atoms with Crippen LogP contribution >= 0.6 is 11.6 Å². The Morgan fingerprint density at radius 1 is 1.44 bits per heavy atom. The minimum atomic E-state index is 0.670. The van der Waals surface area contributed by atoms with Crippen LogP contribution in [0.4, 0.5) is 0 Å². The smallest absolute Gasteiger partial charge is 0.0438 e. The van der Waals surface area contributed by atoms with Crippen molar-refractivity contribution in [2.24, 2.45) is 0 Å². The van der Waals surface area contributed by atoms with Gasteiger partial charge in [-0.3, -0.25) is 4.90 Å². The molecule has 1 aromatic carbocycles. The van der Waals surface area contributed by atoms with Gasteiger partial charge in [0, 0.05) is 24.2 Å². The van der Waals surface area contributed by atoms with Crippen molar-refractivity contribution in [1.82, 2.24) is 10.2 Å². The maximum atomic E-state index is 6.20. The van der Waals surface area contributed by atoms with E-state index in [-0.39, 0.29) is 0 Å². The number of piperidine rings is 1. The first-order valence-electron chi connectivity index (χ1n) is 6.90. The van der Waals surface area contributed by atoms with E-state index in [1.165, 1.54) is 24.9 Å². The number of benzene rings is 1. The Labute approximate surface area is 115 Å². The summed E-state index contributed by atoms with van der Waals surface area (Å²) in [7, 11) is 0. The summed E-state index contributed by atoms with van der Waals surface area (Å²) in [6, 6.07) is 7.09. The predicted octanol–water partition coefficient (Wildman–Crippen LogP) is 3.22. The van der Waals surface area contributed by atoms with Gasteiger partial charge in [0.1, 0.15) is 0 Å². The molecule has 1 atom stereocenters. The molecule has 1 heterocycles. The molecule has 18 heavy (non-hydrogen) atoms. The maximum absolute atomic E-state index is 6.20. The zero-order valence-corrected chi connectivity index (χ0v) is 12.1. The number of likely N-dealkylation sites (N-methyl/N-ethyl adjacent to an activating group) is 1. The molecule has 2 nitrogen and oxygen atoms in total. The van der Waals surface area contributed by atoms with Crippen molar-refractivity contribution in [1.29, 1.82) is 0 Å². The summed E-state index contributed by atoms with van der Waals surface area (Å²) in [6.07, 6.45) is 2.59. The summed E-state index contributed by atoms with van der Waals surface area (Å²) in [4.78, 5) is 2.55. The molecule has 3 heteroatoms. The van der Waals surface area contributed by atoms with E-state index in [9.17, 15) is 0 Å². The molecule has 0 spiro atoms. The summed E-state index contributed by atoms with van der Waals surface area (Å²) < 4.78 is 0. The monoisotopic (exact) mass is 266 g/mol. The van der Waals surface area contributed by atoms with Gasteiger partial charge in [-0.05, 0) is 50.0 Å². The predicted molar refractivity (Wildman–Crippen MR) is 78.2 cm³/mol. The second-order valence-corrected chi connectivity index (χ2v) is 5.55. The molecule has 1 aliphatic heterocycles. The van der Waals surface area contributed by atoms with Gasteiger partial charge in [0.05, 0.1) is 0 Å². The van der Waals surface area contributed by atoms with Crippen molar-refractivity contribution in [2.45, 2.75) is 39.3 Å². The number of hydrogen-bond donors (Lipinski definition) is 1. The van der Waals surface area contributed by atoms with Crippen LogP contribution < -0.4 is 5.32 Å². The van der Waals surface area contributed by atoms with Crippen LogP contribution in [-0.4, -0.2) is 30.6 Å². The van der Waals surface area contributed by atoms with Crippen LogP contribution in [0.3, 0.4) is 0 Å². The Morgan fingerprint density at radius 3 is 2.89 bits per heavy atom. The van der Waals surface area contributed by atoms with E-state index in [1.54, 1.807) is 0 Å². The molecule has 0 saturated carbocycles. The van der Waals surface area contributed by atoms with Crippen LogP contribution in [0.5, 0.6) is 0 Å². The first-order valence-corrected chi connectivity index (χ1v) is 7.28. The molecular weight excluding hydrogens is 244 g/mol. The van der Waals surface area contributed by atoms with Gasteiger partial charge in [-0.1, -0.05) is 30.7 Å². The average molecular weight is 267 g/mol. The molecule has 0 bridgehead atoms. The lowest BCUT2D eigenvalue weighted by Crippen LogP contribution is -2.45. The first-order chi connectivity index (χ1) is 8.70. The van der Waals surface area contributed by atoms with E-state index < -0.39 is 0 Å². The lowest BCUT2D eigenvalue weighted by atomic mass is 10.0. The molecule has 0 aromatic heterocycles. The van der Waals surface area contributed by atoms with E-state index in [0.29, 0.717) is 6.04 Å². The Kier molecular flexibility index (Phi) is 5.04. The van der Waals surface area contributed by atoms with Crippen LogP contribution in [-0.2, 0) is 6.54 Å². The lowest BCUT2D eigenvalue weighted by Gasteiger charge is -2.34. The minimum absolute atomic E-state index is 0.670. The molecule has 1 aromatic rings. The van der Waals surface area contributed by atoms with E-state index >= 15 is 0 Å². The van der Waals surface area contributed by atoms with Crippen molar-refractivity contribution < 1.29 is 0 Å². The molecule has 1 aliphatic rings. The molecule has 0 aliphatic carbocycles. The highest BCUT2D eigenvalue weighted by molar-refractivity contribution is 6.31. The molecule has 100 valence electrons. The van der Waals surface area contributed by atoms with Gasteiger partial charge < -0.3 is 5.32 Å². The van der Waals surface area contributed by atoms with Gasteiger partial charge in [-0.15, -0.1) is 0 Å². The Hall–Kier alpha value is -0.570. The van der Waals surface area contributed by atoms with E-state index in [4.69, 9.17) is 11.6 Å². The van der Waals surface area contributed by atoms with Gasteiger partial charge >= 0.3 is 0 Å². The van der Waals surface area contributed by atoms with Gasteiger partial charge in [0.15, 0.2) is 0 Å². The zero-order valence-electron chi connectivity index (χ0n) is 11.4. The van der Waals surface area contributed by atoms with Gasteiger partial charge in [0.2, 0.25) is 0 Å². The minimum Gasteiger partial charge on any atom is -0.315 e. The van der Waals surface area contributed by atoms with Crippen molar-refractivity contribution in [3.8, 4) is 0 Å². The van der Waals surface area contributed by atoms with Gasteiger partial charge in [0.25, 0.3) is 0 Å². The number of aryl methyl sites for hydroxylation is 1. The fourth-order valence-corrected chi connectivity index (χ4v) is 2.82. The number of rotatable bonds is 4. The van der Waals surface area contributed by atoms with Gasteiger partial charge in [-0.25, -0.2) is 0 Å². The van der Waals surface area contributed by atoms with Crippen LogP contribution in [0.1, 0.15) is 30.9 Å². The van der Waals surface area contributed by atoms with Crippen LogP contribution in [0.25, 0.3) is 0 Å². The van der Waals surface area contributed by atoms with E-state index in [2.05, 4.69) is 42.3 Å². The van der Waals surface area contributed by atoms with Crippen LogP contribution in [0.2, 0.25) is 5.02 Å². The van der Waals surface area contributed by atoms with Crippen LogP contribution in [0.15, 0.2) is 18.2 Å². The summed E-state index contributed by atoms with van der Waals surface area (Å²) in [6.45, 7) is 8.68. The maximum Gasteiger partial charge on any atom is 0.0438 e. The largest absolute Gasteiger partial charge is 0.315 e. The third-order valence-corrected chi connectivity index (χ3v) is 4.22. The highest BCUT2D eigenvalue weighted by Crippen LogP contribution is 2.19. The fourth-order valence-electron chi connectivity index (χ4n) is 2.61. The molecule has 1 fully saturated rings. The lowest BCUT2D eigenvalue weighted by molar-refractivity contribution is 0.166. The SMILES string of the molecule is CCN(Cc1ccc(C)c(Cl)c1)C1CCCNC1. The molecule has 0 radical (unpaired) electrons. The molecule has 1 unspecified atom stereocenters. The Balaban J connectivity index is 2.02. The van der Waals surface area contributed by atoms with E-state index in [0.717, 1.165) is 30.2 Å². The summed E-state index contributed by atoms with van der Waals surface area (Å²) in [5.74, 6) is 0. The summed E-state index contributed by atoms with van der Waals surface area (Å²) in [5, 5.41) is 4.37. The number of halogens is 1. The van der Waals surface area contributed by atoms with Gasteiger partial charge in [-0.2, -0.15) is 0 Å². The molecule has 1 N–H and O–H groups in total. The van der Waals surface area contributed by atoms with Crippen molar-refractivity contribution in [3.05, 3.63) is 34.3 Å². The highest BCUT2D eigenvalue weighted by Gasteiger charge is 2.19. The Bertz CT molecular complexity index is 386. The highest BCUT2D eigenvalue weighted by atomic mass is 35.5.